The van der Waals surface area contributed by atoms with Gasteiger partial charge in [-0.2, -0.15) is 0 Å². The zero-order valence-electron chi connectivity index (χ0n) is 14.0. The van der Waals surface area contributed by atoms with Crippen LogP contribution in [0.5, 0.6) is 0 Å². The monoisotopic (exact) mass is 342 g/mol. The van der Waals surface area contributed by atoms with Gasteiger partial charge in [0.1, 0.15) is 15.9 Å². The summed E-state index contributed by atoms with van der Waals surface area (Å²) in [5.74, 6) is 0. The second-order valence-electron chi connectivity index (χ2n) is 6.42. The third kappa shape index (κ3) is 3.86. The molecule has 3 heterocycles. The van der Waals surface area contributed by atoms with Crippen molar-refractivity contribution in [1.82, 2.24) is 15.0 Å². The summed E-state index contributed by atoms with van der Waals surface area (Å²) >= 11 is 1.31. The second-order valence-corrected chi connectivity index (χ2v) is 7.40. The molecule has 0 aromatic carbocycles. The molecule has 0 radical (unpaired) electrons. The molecule has 0 saturated carbocycles. The van der Waals surface area contributed by atoms with Gasteiger partial charge in [-0.15, -0.1) is 0 Å². The van der Waals surface area contributed by atoms with Crippen LogP contribution in [0.3, 0.4) is 0 Å². The van der Waals surface area contributed by atoms with Gasteiger partial charge in [0.05, 0.1) is 5.69 Å². The number of carbonyl (C=O) groups is 1. The first-order chi connectivity index (χ1) is 11.3. The lowest BCUT2D eigenvalue weighted by Gasteiger charge is -2.18. The van der Waals surface area contributed by atoms with Gasteiger partial charge in [-0.1, -0.05) is 11.3 Å². The molecule has 0 aliphatic heterocycles. The first-order valence-electron chi connectivity index (χ1n) is 7.50. The van der Waals surface area contributed by atoms with E-state index in [-0.39, 0.29) is 0 Å². The molecule has 0 aliphatic carbocycles. The number of aromatic nitrogens is 3. The molecule has 124 valence electrons. The zero-order chi connectivity index (χ0) is 17.3. The van der Waals surface area contributed by atoms with Crippen molar-refractivity contribution in [3.8, 4) is 11.3 Å². The minimum Gasteiger partial charge on any atom is -0.444 e. The number of rotatable bonds is 2. The van der Waals surface area contributed by atoms with Crippen LogP contribution < -0.4 is 5.32 Å². The number of hydrogen-bond acceptors (Lipinski definition) is 6. The number of aryl methyl sites for hydroxylation is 1. The summed E-state index contributed by atoms with van der Waals surface area (Å²) in [5.41, 5.74) is 3.03. The highest BCUT2D eigenvalue weighted by atomic mass is 32.1. The van der Waals surface area contributed by atoms with Crippen molar-refractivity contribution in [1.29, 1.82) is 0 Å². The summed E-state index contributed by atoms with van der Waals surface area (Å²) < 4.78 is 5.23. The maximum atomic E-state index is 11.8. The predicted octanol–water partition coefficient (Wildman–Crippen LogP) is 4.41. The lowest BCUT2D eigenvalue weighted by molar-refractivity contribution is 0.0636. The van der Waals surface area contributed by atoms with Gasteiger partial charge in [-0.25, -0.2) is 14.8 Å². The molecular weight excluding hydrogens is 324 g/mol. The van der Waals surface area contributed by atoms with Crippen molar-refractivity contribution in [2.75, 3.05) is 5.32 Å². The highest BCUT2D eigenvalue weighted by Gasteiger charge is 2.17. The van der Waals surface area contributed by atoms with Crippen LogP contribution >= 0.6 is 11.3 Å². The molecule has 1 amide bonds. The maximum absolute atomic E-state index is 11.8. The fraction of sp³-hybridized carbons (Fsp3) is 0.294. The average Bonchev–Trinajstić information content (AvgIpc) is 2.86. The number of pyridine rings is 2. The number of carbonyl (C=O) groups excluding carboxylic acids is 1. The summed E-state index contributed by atoms with van der Waals surface area (Å²) in [5, 5.41) is 3.11. The Labute approximate surface area is 143 Å². The zero-order valence-corrected chi connectivity index (χ0v) is 14.8. The number of nitrogens with zero attached hydrogens (tertiary/aromatic N) is 3. The topological polar surface area (TPSA) is 77.0 Å². The molecule has 3 aromatic rings. The summed E-state index contributed by atoms with van der Waals surface area (Å²) in [4.78, 5) is 25.8. The number of ether oxygens (including phenoxy) is 1. The van der Waals surface area contributed by atoms with Gasteiger partial charge in [0, 0.05) is 18.0 Å². The average molecular weight is 342 g/mol. The Hall–Kier alpha value is -2.54. The van der Waals surface area contributed by atoms with E-state index >= 15 is 0 Å². The van der Waals surface area contributed by atoms with Crippen LogP contribution in [0, 0.1) is 6.92 Å². The number of amides is 1. The van der Waals surface area contributed by atoms with Gasteiger partial charge in [0.2, 0.25) is 0 Å². The van der Waals surface area contributed by atoms with E-state index in [2.05, 4.69) is 20.3 Å². The largest absolute Gasteiger partial charge is 0.444 e. The van der Waals surface area contributed by atoms with E-state index in [1.807, 2.05) is 45.9 Å². The minimum atomic E-state index is -0.551. The van der Waals surface area contributed by atoms with Crippen LogP contribution in [0.4, 0.5) is 9.93 Å². The van der Waals surface area contributed by atoms with E-state index < -0.39 is 11.7 Å². The number of thiazole rings is 1. The molecule has 3 aromatic heterocycles. The lowest BCUT2D eigenvalue weighted by Crippen LogP contribution is -2.27. The SMILES string of the molecule is Cc1cncc(-c2ccc3nc(NC(=O)OC(C)(C)C)sc3n2)c1. The molecule has 0 spiro atoms. The van der Waals surface area contributed by atoms with Crippen molar-refractivity contribution in [3.63, 3.8) is 0 Å². The Morgan fingerprint density at radius 1 is 1.21 bits per heavy atom. The van der Waals surface area contributed by atoms with E-state index in [4.69, 9.17) is 4.74 Å². The number of hydrogen-bond donors (Lipinski definition) is 1. The summed E-state index contributed by atoms with van der Waals surface area (Å²) in [6.45, 7) is 7.43. The molecule has 0 aliphatic rings. The van der Waals surface area contributed by atoms with Crippen LogP contribution in [0.2, 0.25) is 0 Å². The molecule has 0 bridgehead atoms. The molecule has 24 heavy (non-hydrogen) atoms. The van der Waals surface area contributed by atoms with Crippen molar-refractivity contribution < 1.29 is 9.53 Å². The van der Waals surface area contributed by atoms with Gasteiger partial charge in [-0.05, 0) is 51.5 Å². The van der Waals surface area contributed by atoms with Crippen molar-refractivity contribution in [2.24, 2.45) is 0 Å². The van der Waals surface area contributed by atoms with Gasteiger partial charge in [0.25, 0.3) is 0 Å². The van der Waals surface area contributed by atoms with E-state index in [0.717, 1.165) is 27.2 Å². The number of nitrogens with one attached hydrogen (secondary N) is 1. The lowest BCUT2D eigenvalue weighted by atomic mass is 10.1. The summed E-state index contributed by atoms with van der Waals surface area (Å²) in [6.07, 6.45) is 3.06. The molecule has 7 heteroatoms. The van der Waals surface area contributed by atoms with Crippen LogP contribution in [0.15, 0.2) is 30.6 Å². The normalized spacial score (nSPS) is 11.5. The van der Waals surface area contributed by atoms with E-state index in [0.29, 0.717) is 5.13 Å². The Kier molecular flexibility index (Phi) is 4.19. The highest BCUT2D eigenvalue weighted by molar-refractivity contribution is 7.21. The Morgan fingerprint density at radius 2 is 2.00 bits per heavy atom. The molecule has 3 rings (SSSR count). The molecule has 6 nitrogen and oxygen atoms in total. The quantitative estimate of drug-likeness (QED) is 0.746. The first kappa shape index (κ1) is 16.3. The Balaban J connectivity index is 1.85. The fourth-order valence-corrected chi connectivity index (χ4v) is 2.94. The van der Waals surface area contributed by atoms with Crippen LogP contribution in [-0.2, 0) is 4.74 Å². The van der Waals surface area contributed by atoms with Gasteiger partial charge < -0.3 is 4.74 Å². The van der Waals surface area contributed by atoms with Crippen molar-refractivity contribution in [3.05, 3.63) is 36.2 Å². The first-order valence-corrected chi connectivity index (χ1v) is 8.31. The number of anilines is 1. The molecule has 0 atom stereocenters. The van der Waals surface area contributed by atoms with Crippen LogP contribution in [-0.4, -0.2) is 26.6 Å². The Morgan fingerprint density at radius 3 is 2.71 bits per heavy atom. The molecule has 1 N–H and O–H groups in total. The Bertz CT molecular complexity index is 899. The highest BCUT2D eigenvalue weighted by Crippen LogP contribution is 2.27. The molecular formula is C17H18N4O2S. The predicted molar refractivity (Wildman–Crippen MR) is 95.2 cm³/mol. The van der Waals surface area contributed by atoms with Gasteiger partial charge in [-0.3, -0.25) is 10.3 Å². The summed E-state index contributed by atoms with van der Waals surface area (Å²) in [7, 11) is 0. The standard InChI is InChI=1S/C17H18N4O2S/c1-10-7-11(9-18-8-10)12-5-6-13-14(19-12)24-15(20-13)21-16(22)23-17(2,3)4/h5-9H,1-4H3,(H,20,21,22). The third-order valence-corrected chi connectivity index (χ3v) is 3.91. The van der Waals surface area contributed by atoms with Crippen LogP contribution in [0.1, 0.15) is 26.3 Å². The van der Waals surface area contributed by atoms with E-state index in [1.54, 1.807) is 12.4 Å². The van der Waals surface area contributed by atoms with Crippen molar-refractivity contribution >= 4 is 32.9 Å². The third-order valence-electron chi connectivity index (χ3n) is 3.03. The van der Waals surface area contributed by atoms with E-state index in [9.17, 15) is 4.79 Å². The molecule has 0 saturated heterocycles. The van der Waals surface area contributed by atoms with E-state index in [1.165, 1.54) is 11.3 Å². The summed E-state index contributed by atoms with van der Waals surface area (Å²) in [6, 6.07) is 5.81. The maximum Gasteiger partial charge on any atom is 0.413 e. The fourth-order valence-electron chi connectivity index (χ4n) is 2.12. The van der Waals surface area contributed by atoms with Crippen LogP contribution in [0.25, 0.3) is 21.6 Å². The van der Waals surface area contributed by atoms with Gasteiger partial charge >= 0.3 is 6.09 Å². The smallest absolute Gasteiger partial charge is 0.413 e. The molecule has 0 unspecified atom stereocenters. The van der Waals surface area contributed by atoms with Gasteiger partial charge in [0.15, 0.2) is 5.13 Å². The van der Waals surface area contributed by atoms with Crippen molar-refractivity contribution in [2.45, 2.75) is 33.3 Å². The minimum absolute atomic E-state index is 0.464. The number of fused-ring (bicyclic) bond motifs is 1. The second kappa shape index (κ2) is 6.16. The molecule has 0 fully saturated rings.